The minimum Gasteiger partial charge on any atom is -0.311 e. The van der Waals surface area contributed by atoms with Crippen molar-refractivity contribution in [1.82, 2.24) is 25.5 Å². The van der Waals surface area contributed by atoms with Gasteiger partial charge in [0, 0.05) is 5.02 Å². The van der Waals surface area contributed by atoms with E-state index in [1.165, 1.54) is 0 Å². The maximum atomic E-state index is 6.11. The van der Waals surface area contributed by atoms with Crippen LogP contribution < -0.4 is 5.32 Å². The molecule has 2 aromatic rings. The van der Waals surface area contributed by atoms with Crippen molar-refractivity contribution in [2.45, 2.75) is 13.0 Å². The first-order chi connectivity index (χ1) is 8.13. The molecule has 1 atom stereocenters. The van der Waals surface area contributed by atoms with Crippen LogP contribution in [0.15, 0.2) is 18.2 Å². The topological polar surface area (TPSA) is 55.6 Å². The number of rotatable bonds is 3. The summed E-state index contributed by atoms with van der Waals surface area (Å²) in [6, 6.07) is 5.18. The zero-order valence-electron chi connectivity index (χ0n) is 9.35. The summed E-state index contributed by atoms with van der Waals surface area (Å²) in [6.07, 6.45) is 0. The standard InChI is InChI=1S/C10H11Cl2N5/c1-6(13-2)10-14-15-16-17(10)9-5-7(11)3-4-8(9)12/h3-6,13H,1-2H3. The average Bonchev–Trinajstić information content (AvgIpc) is 2.80. The summed E-state index contributed by atoms with van der Waals surface area (Å²) in [4.78, 5) is 0. The molecule has 1 N–H and O–H groups in total. The lowest BCUT2D eigenvalue weighted by Crippen LogP contribution is -2.18. The fourth-order valence-corrected chi connectivity index (χ4v) is 1.78. The van der Waals surface area contributed by atoms with Crippen LogP contribution in [-0.2, 0) is 0 Å². The third-order valence-electron chi connectivity index (χ3n) is 2.45. The summed E-state index contributed by atoms with van der Waals surface area (Å²) < 4.78 is 1.58. The van der Waals surface area contributed by atoms with Crippen LogP contribution in [0.1, 0.15) is 18.8 Å². The summed E-state index contributed by atoms with van der Waals surface area (Å²) in [6.45, 7) is 1.96. The SMILES string of the molecule is CNC(C)c1nnnn1-c1cc(Cl)ccc1Cl. The summed E-state index contributed by atoms with van der Waals surface area (Å²) in [7, 11) is 1.84. The van der Waals surface area contributed by atoms with Gasteiger partial charge < -0.3 is 5.32 Å². The van der Waals surface area contributed by atoms with E-state index in [0.717, 1.165) is 0 Å². The van der Waals surface area contributed by atoms with Crippen molar-refractivity contribution in [1.29, 1.82) is 0 Å². The first-order valence-corrected chi connectivity index (χ1v) is 5.80. The highest BCUT2D eigenvalue weighted by Gasteiger charge is 2.16. The number of nitrogens with one attached hydrogen (secondary N) is 1. The van der Waals surface area contributed by atoms with Crippen molar-refractivity contribution in [2.75, 3.05) is 7.05 Å². The van der Waals surface area contributed by atoms with Crippen LogP contribution in [0.3, 0.4) is 0 Å². The predicted molar refractivity (Wildman–Crippen MR) is 66.6 cm³/mol. The number of nitrogens with zero attached hydrogens (tertiary/aromatic N) is 4. The molecule has 0 radical (unpaired) electrons. The Morgan fingerprint density at radius 1 is 1.35 bits per heavy atom. The molecule has 0 saturated heterocycles. The van der Waals surface area contributed by atoms with Gasteiger partial charge in [0.25, 0.3) is 0 Å². The first kappa shape index (κ1) is 12.3. The Morgan fingerprint density at radius 2 is 2.12 bits per heavy atom. The van der Waals surface area contributed by atoms with E-state index in [1.54, 1.807) is 22.9 Å². The number of hydrogen-bond acceptors (Lipinski definition) is 4. The summed E-state index contributed by atoms with van der Waals surface area (Å²) in [5.41, 5.74) is 0.668. The zero-order valence-corrected chi connectivity index (χ0v) is 10.9. The second-order valence-electron chi connectivity index (χ2n) is 3.55. The Labute approximate surface area is 109 Å². The Kier molecular flexibility index (Phi) is 3.61. The number of hydrogen-bond donors (Lipinski definition) is 1. The van der Waals surface area contributed by atoms with Gasteiger partial charge in [-0.05, 0) is 42.6 Å². The molecule has 17 heavy (non-hydrogen) atoms. The highest BCUT2D eigenvalue weighted by Crippen LogP contribution is 2.25. The van der Waals surface area contributed by atoms with E-state index < -0.39 is 0 Å². The molecule has 0 aliphatic heterocycles. The molecule has 0 saturated carbocycles. The molecule has 0 bridgehead atoms. The number of halogens is 2. The van der Waals surface area contributed by atoms with Gasteiger partial charge in [-0.2, -0.15) is 4.68 Å². The van der Waals surface area contributed by atoms with E-state index in [9.17, 15) is 0 Å². The van der Waals surface area contributed by atoms with E-state index >= 15 is 0 Å². The molecule has 90 valence electrons. The Bertz CT molecular complexity index is 525. The number of aromatic nitrogens is 4. The van der Waals surface area contributed by atoms with Crippen molar-refractivity contribution >= 4 is 23.2 Å². The van der Waals surface area contributed by atoms with Crippen LogP contribution in [0.25, 0.3) is 5.69 Å². The molecule has 0 spiro atoms. The third kappa shape index (κ3) is 2.41. The summed E-state index contributed by atoms with van der Waals surface area (Å²) in [5.74, 6) is 0.677. The average molecular weight is 272 g/mol. The lowest BCUT2D eigenvalue weighted by Gasteiger charge is -2.11. The second kappa shape index (κ2) is 5.00. The molecule has 2 rings (SSSR count). The minimum absolute atomic E-state index is 0.0139. The molecule has 1 aromatic heterocycles. The van der Waals surface area contributed by atoms with Gasteiger partial charge in [0.2, 0.25) is 0 Å². The van der Waals surface area contributed by atoms with Gasteiger partial charge >= 0.3 is 0 Å². The lowest BCUT2D eigenvalue weighted by molar-refractivity contribution is 0.589. The van der Waals surface area contributed by atoms with Gasteiger partial charge in [-0.1, -0.05) is 23.2 Å². The van der Waals surface area contributed by atoms with Gasteiger partial charge in [-0.15, -0.1) is 5.10 Å². The highest BCUT2D eigenvalue weighted by molar-refractivity contribution is 6.34. The first-order valence-electron chi connectivity index (χ1n) is 5.04. The Balaban J connectivity index is 2.53. The molecule has 0 aliphatic rings. The van der Waals surface area contributed by atoms with Gasteiger partial charge in [0.1, 0.15) is 0 Å². The van der Waals surface area contributed by atoms with E-state index in [4.69, 9.17) is 23.2 Å². The van der Waals surface area contributed by atoms with Crippen molar-refractivity contribution < 1.29 is 0 Å². The monoisotopic (exact) mass is 271 g/mol. The fourth-order valence-electron chi connectivity index (χ4n) is 1.41. The largest absolute Gasteiger partial charge is 0.311 e. The van der Waals surface area contributed by atoms with Crippen molar-refractivity contribution in [3.05, 3.63) is 34.1 Å². The molecule has 7 heteroatoms. The van der Waals surface area contributed by atoms with Crippen LogP contribution in [0, 0.1) is 0 Å². The summed E-state index contributed by atoms with van der Waals surface area (Å²) >= 11 is 12.1. The maximum Gasteiger partial charge on any atom is 0.173 e. The van der Waals surface area contributed by atoms with Crippen LogP contribution in [-0.4, -0.2) is 27.3 Å². The van der Waals surface area contributed by atoms with E-state index in [1.807, 2.05) is 14.0 Å². The third-order valence-corrected chi connectivity index (χ3v) is 3.01. The second-order valence-corrected chi connectivity index (χ2v) is 4.40. The number of tetrazole rings is 1. The molecule has 0 amide bonds. The summed E-state index contributed by atoms with van der Waals surface area (Å²) in [5, 5.41) is 15.8. The smallest absolute Gasteiger partial charge is 0.173 e. The normalized spacial score (nSPS) is 12.7. The molecule has 0 aliphatic carbocycles. The van der Waals surface area contributed by atoms with E-state index in [0.29, 0.717) is 21.6 Å². The van der Waals surface area contributed by atoms with Crippen LogP contribution in [0.4, 0.5) is 0 Å². The highest BCUT2D eigenvalue weighted by atomic mass is 35.5. The molecular formula is C10H11Cl2N5. The quantitative estimate of drug-likeness (QED) is 0.931. The molecule has 5 nitrogen and oxygen atoms in total. The van der Waals surface area contributed by atoms with Crippen LogP contribution in [0.2, 0.25) is 10.0 Å². The van der Waals surface area contributed by atoms with Crippen LogP contribution >= 0.6 is 23.2 Å². The maximum absolute atomic E-state index is 6.11. The molecule has 0 fully saturated rings. The predicted octanol–water partition coefficient (Wildman–Crippen LogP) is 2.25. The van der Waals surface area contributed by atoms with Gasteiger partial charge in [0.15, 0.2) is 5.82 Å². The minimum atomic E-state index is 0.0139. The number of benzene rings is 1. The molecule has 1 aromatic carbocycles. The Morgan fingerprint density at radius 3 is 2.82 bits per heavy atom. The lowest BCUT2D eigenvalue weighted by atomic mass is 10.3. The van der Waals surface area contributed by atoms with E-state index in [2.05, 4.69) is 20.8 Å². The zero-order chi connectivity index (χ0) is 12.4. The van der Waals surface area contributed by atoms with Crippen molar-refractivity contribution in [3.8, 4) is 5.69 Å². The van der Waals surface area contributed by atoms with Gasteiger partial charge in [-0.25, -0.2) is 0 Å². The molecule has 1 unspecified atom stereocenters. The molecular weight excluding hydrogens is 261 g/mol. The van der Waals surface area contributed by atoms with Crippen molar-refractivity contribution in [3.63, 3.8) is 0 Å². The van der Waals surface area contributed by atoms with E-state index in [-0.39, 0.29) is 6.04 Å². The molecule has 1 heterocycles. The van der Waals surface area contributed by atoms with Crippen LogP contribution in [0.5, 0.6) is 0 Å². The van der Waals surface area contributed by atoms with Gasteiger partial charge in [0.05, 0.1) is 16.8 Å². The Hall–Kier alpha value is -1.17. The van der Waals surface area contributed by atoms with Crippen molar-refractivity contribution in [2.24, 2.45) is 0 Å². The van der Waals surface area contributed by atoms with Gasteiger partial charge in [-0.3, -0.25) is 0 Å². The fraction of sp³-hybridized carbons (Fsp3) is 0.300.